The van der Waals surface area contributed by atoms with Gasteiger partial charge in [-0.05, 0) is 12.8 Å². The van der Waals surface area contributed by atoms with Crippen molar-refractivity contribution in [2.45, 2.75) is 225 Å². The van der Waals surface area contributed by atoms with Crippen LogP contribution >= 0.6 is 7.82 Å². The quantitative estimate of drug-likeness (QED) is 0.0306. The molecular formula is C41H80NO10P. The van der Waals surface area contributed by atoms with Gasteiger partial charge in [-0.2, -0.15) is 0 Å². The molecule has 0 aliphatic rings. The zero-order chi connectivity index (χ0) is 39.3. The van der Waals surface area contributed by atoms with E-state index in [1.807, 2.05) is 0 Å². The van der Waals surface area contributed by atoms with Crippen molar-refractivity contribution in [3.63, 3.8) is 0 Å². The Morgan fingerprint density at radius 3 is 1.19 bits per heavy atom. The maximum atomic E-state index is 12.5. The zero-order valence-corrected chi connectivity index (χ0v) is 34.8. The number of esters is 2. The van der Waals surface area contributed by atoms with E-state index in [4.69, 9.17) is 24.8 Å². The first kappa shape index (κ1) is 51.5. The minimum Gasteiger partial charge on any atom is -0.480 e. The Kier molecular flexibility index (Phi) is 36.3. The lowest BCUT2D eigenvalue weighted by molar-refractivity contribution is -0.161. The van der Waals surface area contributed by atoms with Crippen molar-refractivity contribution in [3.05, 3.63) is 0 Å². The fraction of sp³-hybridized carbons (Fsp3) is 0.927. The average Bonchev–Trinajstić information content (AvgIpc) is 3.13. The SMILES string of the molecule is CCCCCCCCCCCCCCCCCCCCCCCCCCC(=O)OC(COC(=O)CCCCCCC)COP(=O)(O)OCC(N)C(=O)O. The third kappa shape index (κ3) is 37.2. The molecule has 0 radical (unpaired) electrons. The van der Waals surface area contributed by atoms with E-state index in [-0.39, 0.29) is 19.4 Å². The van der Waals surface area contributed by atoms with Crippen LogP contribution in [-0.2, 0) is 37.5 Å². The van der Waals surface area contributed by atoms with E-state index in [0.29, 0.717) is 12.8 Å². The molecule has 0 heterocycles. The second kappa shape index (κ2) is 37.4. The molecule has 0 bridgehead atoms. The lowest BCUT2D eigenvalue weighted by Crippen LogP contribution is -2.34. The van der Waals surface area contributed by atoms with Crippen molar-refractivity contribution in [1.29, 1.82) is 0 Å². The number of carbonyl (C=O) groups is 3. The van der Waals surface area contributed by atoms with E-state index in [2.05, 4.69) is 18.4 Å². The molecule has 314 valence electrons. The van der Waals surface area contributed by atoms with Gasteiger partial charge in [-0.15, -0.1) is 0 Å². The molecule has 0 rings (SSSR count). The summed E-state index contributed by atoms with van der Waals surface area (Å²) in [4.78, 5) is 45.5. The topological polar surface area (TPSA) is 172 Å². The van der Waals surface area contributed by atoms with Gasteiger partial charge in [-0.3, -0.25) is 23.4 Å². The molecule has 11 nitrogen and oxygen atoms in total. The molecule has 0 aromatic carbocycles. The van der Waals surface area contributed by atoms with Gasteiger partial charge in [0.1, 0.15) is 12.6 Å². The summed E-state index contributed by atoms with van der Waals surface area (Å²) in [6.45, 7) is 2.72. The van der Waals surface area contributed by atoms with Crippen molar-refractivity contribution >= 4 is 25.7 Å². The molecule has 0 amide bonds. The maximum absolute atomic E-state index is 12.5. The highest BCUT2D eigenvalue weighted by Crippen LogP contribution is 2.43. The van der Waals surface area contributed by atoms with Crippen LogP contribution in [0.1, 0.15) is 213 Å². The monoisotopic (exact) mass is 778 g/mol. The van der Waals surface area contributed by atoms with Gasteiger partial charge >= 0.3 is 25.7 Å². The Bertz CT molecular complexity index is 921. The number of rotatable bonds is 41. The molecule has 12 heteroatoms. The van der Waals surface area contributed by atoms with Crippen LogP contribution in [-0.4, -0.2) is 59.9 Å². The highest BCUT2D eigenvalue weighted by Gasteiger charge is 2.28. The molecule has 53 heavy (non-hydrogen) atoms. The summed E-state index contributed by atoms with van der Waals surface area (Å²) in [6, 6.07) is -1.51. The number of hydrogen-bond acceptors (Lipinski definition) is 9. The zero-order valence-electron chi connectivity index (χ0n) is 33.9. The fourth-order valence-corrected chi connectivity index (χ4v) is 6.96. The Morgan fingerprint density at radius 1 is 0.509 bits per heavy atom. The molecule has 0 fully saturated rings. The Labute approximate surface area is 323 Å². The van der Waals surface area contributed by atoms with Crippen LogP contribution in [0.3, 0.4) is 0 Å². The molecule has 4 N–H and O–H groups in total. The molecule has 3 unspecified atom stereocenters. The van der Waals surface area contributed by atoms with Crippen LogP contribution in [0.15, 0.2) is 0 Å². The second-order valence-corrected chi connectivity index (χ2v) is 16.3. The van der Waals surface area contributed by atoms with E-state index in [1.54, 1.807) is 0 Å². The number of carboxylic acid groups (broad SMARTS) is 1. The van der Waals surface area contributed by atoms with Crippen LogP contribution < -0.4 is 5.73 Å². The lowest BCUT2D eigenvalue weighted by Gasteiger charge is -2.20. The first-order valence-corrected chi connectivity index (χ1v) is 23.1. The number of ether oxygens (including phenoxy) is 2. The molecule has 0 aliphatic heterocycles. The third-order valence-corrected chi connectivity index (χ3v) is 10.6. The van der Waals surface area contributed by atoms with Gasteiger partial charge in [-0.1, -0.05) is 187 Å². The van der Waals surface area contributed by atoms with Gasteiger partial charge in [0.25, 0.3) is 0 Å². The number of carboxylic acids is 1. The van der Waals surface area contributed by atoms with Crippen molar-refractivity contribution in [2.24, 2.45) is 5.73 Å². The summed E-state index contributed by atoms with van der Waals surface area (Å²) in [6.07, 6.45) is 35.3. The number of aliphatic carboxylic acids is 1. The molecule has 0 aromatic rings. The lowest BCUT2D eigenvalue weighted by atomic mass is 10.0. The Hall–Kier alpha value is -1.52. The molecule has 0 saturated heterocycles. The third-order valence-electron chi connectivity index (χ3n) is 9.61. The number of phosphoric acid groups is 1. The van der Waals surface area contributed by atoms with E-state index in [9.17, 15) is 23.8 Å². The summed E-state index contributed by atoms with van der Waals surface area (Å²) in [5.74, 6) is -2.38. The second-order valence-electron chi connectivity index (χ2n) is 14.8. The van der Waals surface area contributed by atoms with Crippen LogP contribution in [0, 0.1) is 0 Å². The minimum absolute atomic E-state index is 0.169. The smallest absolute Gasteiger partial charge is 0.472 e. The highest BCUT2D eigenvalue weighted by atomic mass is 31.2. The van der Waals surface area contributed by atoms with Crippen LogP contribution in [0.5, 0.6) is 0 Å². The fourth-order valence-electron chi connectivity index (χ4n) is 6.18. The van der Waals surface area contributed by atoms with E-state index in [1.165, 1.54) is 128 Å². The van der Waals surface area contributed by atoms with Gasteiger partial charge < -0.3 is 25.2 Å². The maximum Gasteiger partial charge on any atom is 0.472 e. The number of nitrogens with two attached hydrogens (primary N) is 1. The van der Waals surface area contributed by atoms with Gasteiger partial charge in [0, 0.05) is 12.8 Å². The summed E-state index contributed by atoms with van der Waals surface area (Å²) in [5, 5.41) is 8.84. The molecule has 0 saturated carbocycles. The van der Waals surface area contributed by atoms with Crippen LogP contribution in [0.2, 0.25) is 0 Å². The number of hydrogen-bond donors (Lipinski definition) is 3. The normalized spacial score (nSPS) is 13.7. The van der Waals surface area contributed by atoms with Gasteiger partial charge in [0.05, 0.1) is 13.2 Å². The average molecular weight is 778 g/mol. The number of unbranched alkanes of at least 4 members (excludes halogenated alkanes) is 27. The number of phosphoric ester groups is 1. The summed E-state index contributed by atoms with van der Waals surface area (Å²) in [7, 11) is -4.70. The van der Waals surface area contributed by atoms with E-state index >= 15 is 0 Å². The Balaban J connectivity index is 4.01. The Morgan fingerprint density at radius 2 is 0.830 bits per heavy atom. The molecule has 0 aromatic heterocycles. The summed E-state index contributed by atoms with van der Waals surface area (Å²) < 4.78 is 32.4. The number of carbonyl (C=O) groups excluding carboxylic acids is 2. The van der Waals surface area contributed by atoms with Gasteiger partial charge in [-0.25, -0.2) is 4.57 Å². The largest absolute Gasteiger partial charge is 0.480 e. The highest BCUT2D eigenvalue weighted by molar-refractivity contribution is 7.47. The first-order chi connectivity index (χ1) is 25.6. The minimum atomic E-state index is -4.70. The van der Waals surface area contributed by atoms with E-state index < -0.39 is 51.1 Å². The van der Waals surface area contributed by atoms with E-state index in [0.717, 1.165) is 44.9 Å². The predicted molar refractivity (Wildman–Crippen MR) is 213 cm³/mol. The standard InChI is InChI=1S/C41H80NO10P/c1-3-5-7-9-10-11-12-13-14-15-16-17-18-19-20-21-22-23-24-25-26-27-29-31-33-40(44)52-37(34-49-39(43)32-30-28-8-6-4-2)35-50-53(47,48)51-36-38(42)41(45)46/h37-38H,3-36,42H2,1-2H3,(H,45,46)(H,47,48). The van der Waals surface area contributed by atoms with Gasteiger partial charge in [0.2, 0.25) is 0 Å². The van der Waals surface area contributed by atoms with Crippen molar-refractivity contribution in [1.82, 2.24) is 0 Å². The first-order valence-electron chi connectivity index (χ1n) is 21.6. The van der Waals surface area contributed by atoms with Gasteiger partial charge in [0.15, 0.2) is 6.10 Å². The molecule has 0 spiro atoms. The molecular weight excluding hydrogens is 697 g/mol. The van der Waals surface area contributed by atoms with Crippen LogP contribution in [0.25, 0.3) is 0 Å². The summed E-state index contributed by atoms with van der Waals surface area (Å²) in [5.41, 5.74) is 5.31. The van der Waals surface area contributed by atoms with Crippen LogP contribution in [0.4, 0.5) is 0 Å². The van der Waals surface area contributed by atoms with Crippen molar-refractivity contribution in [3.8, 4) is 0 Å². The molecule has 3 atom stereocenters. The molecule has 0 aliphatic carbocycles. The predicted octanol–water partition coefficient (Wildman–Crippen LogP) is 11.1. The summed E-state index contributed by atoms with van der Waals surface area (Å²) >= 11 is 0. The van der Waals surface area contributed by atoms with Crippen molar-refractivity contribution < 1.29 is 47.5 Å². The van der Waals surface area contributed by atoms with Crippen molar-refractivity contribution in [2.75, 3.05) is 19.8 Å².